The molecule has 7 nitrogen and oxygen atoms in total. The number of aromatic nitrogens is 4. The van der Waals surface area contributed by atoms with E-state index in [1.54, 1.807) is 11.6 Å². The van der Waals surface area contributed by atoms with E-state index in [1.165, 1.54) is 12.8 Å². The van der Waals surface area contributed by atoms with Gasteiger partial charge in [0, 0.05) is 13.0 Å². The Balaban J connectivity index is 1.98. The molecular weight excluding hydrogens is 246 g/mol. The van der Waals surface area contributed by atoms with Crippen LogP contribution in [0.4, 0.5) is 0 Å². The predicted molar refractivity (Wildman–Crippen MR) is 68.7 cm³/mol. The van der Waals surface area contributed by atoms with E-state index in [1.807, 2.05) is 6.92 Å². The number of hydrogen-bond donors (Lipinski definition) is 1. The number of nitrogens with zero attached hydrogens (tertiary/aromatic N) is 5. The van der Waals surface area contributed by atoms with Gasteiger partial charge in [-0.2, -0.15) is 0 Å². The number of rotatable bonds is 6. The van der Waals surface area contributed by atoms with Crippen molar-refractivity contribution in [2.24, 2.45) is 5.92 Å². The van der Waals surface area contributed by atoms with Crippen molar-refractivity contribution in [3.05, 3.63) is 5.82 Å². The summed E-state index contributed by atoms with van der Waals surface area (Å²) in [4.78, 5) is 13.4. The molecule has 1 N–H and O–H groups in total. The summed E-state index contributed by atoms with van der Waals surface area (Å²) in [6.45, 7) is 6.74. The fraction of sp³-hybridized carbons (Fsp3) is 0.833. The predicted octanol–water partition coefficient (Wildman–Crippen LogP) is 0.593. The SMILES string of the molecule is CC(C(=O)O)C(C)n1nnnc1CCN1CCCC1. The maximum Gasteiger partial charge on any atom is 0.308 e. The fourth-order valence-electron chi connectivity index (χ4n) is 2.38. The molecule has 0 saturated carbocycles. The summed E-state index contributed by atoms with van der Waals surface area (Å²) >= 11 is 0. The van der Waals surface area contributed by atoms with Gasteiger partial charge < -0.3 is 10.0 Å². The van der Waals surface area contributed by atoms with Gasteiger partial charge >= 0.3 is 5.97 Å². The first-order valence-electron chi connectivity index (χ1n) is 6.81. The van der Waals surface area contributed by atoms with Crippen molar-refractivity contribution in [3.63, 3.8) is 0 Å². The molecule has 106 valence electrons. The molecule has 1 aliphatic heterocycles. The molecule has 7 heteroatoms. The van der Waals surface area contributed by atoms with Crippen LogP contribution in [-0.4, -0.2) is 55.8 Å². The van der Waals surface area contributed by atoms with Crippen molar-refractivity contribution >= 4 is 5.97 Å². The molecule has 1 aromatic rings. The van der Waals surface area contributed by atoms with Gasteiger partial charge in [-0.1, -0.05) is 0 Å². The summed E-state index contributed by atoms with van der Waals surface area (Å²) in [5, 5.41) is 20.7. The van der Waals surface area contributed by atoms with Crippen molar-refractivity contribution in [1.29, 1.82) is 0 Å². The number of carboxylic acids is 1. The molecule has 2 heterocycles. The normalized spacial score (nSPS) is 19.5. The van der Waals surface area contributed by atoms with Crippen molar-refractivity contribution in [2.75, 3.05) is 19.6 Å². The van der Waals surface area contributed by atoms with Gasteiger partial charge in [-0.15, -0.1) is 5.10 Å². The second-order valence-electron chi connectivity index (χ2n) is 5.21. The first-order valence-corrected chi connectivity index (χ1v) is 6.81. The zero-order chi connectivity index (χ0) is 13.8. The molecule has 0 aromatic carbocycles. The number of likely N-dealkylation sites (tertiary alicyclic amines) is 1. The van der Waals surface area contributed by atoms with Gasteiger partial charge in [-0.3, -0.25) is 4.79 Å². The fourth-order valence-corrected chi connectivity index (χ4v) is 2.38. The highest BCUT2D eigenvalue weighted by molar-refractivity contribution is 5.70. The summed E-state index contributed by atoms with van der Waals surface area (Å²) in [5.41, 5.74) is 0. The lowest BCUT2D eigenvalue weighted by molar-refractivity contribution is -0.142. The molecular formula is C12H21N5O2. The van der Waals surface area contributed by atoms with Gasteiger partial charge in [0.15, 0.2) is 5.82 Å². The molecule has 1 saturated heterocycles. The van der Waals surface area contributed by atoms with Crippen molar-refractivity contribution < 1.29 is 9.90 Å². The average Bonchev–Trinajstić information content (AvgIpc) is 3.05. The quantitative estimate of drug-likeness (QED) is 0.812. The molecule has 0 aliphatic carbocycles. The smallest absolute Gasteiger partial charge is 0.308 e. The third-order valence-electron chi connectivity index (χ3n) is 3.91. The Bertz CT molecular complexity index is 428. The van der Waals surface area contributed by atoms with Crippen LogP contribution in [-0.2, 0) is 11.2 Å². The monoisotopic (exact) mass is 267 g/mol. The maximum atomic E-state index is 11.0. The summed E-state index contributed by atoms with van der Waals surface area (Å²) < 4.78 is 1.65. The van der Waals surface area contributed by atoms with Crippen molar-refractivity contribution in [1.82, 2.24) is 25.1 Å². The highest BCUT2D eigenvalue weighted by Gasteiger charge is 2.24. The number of carboxylic acid groups (broad SMARTS) is 1. The van der Waals surface area contributed by atoms with Crippen molar-refractivity contribution in [2.45, 2.75) is 39.2 Å². The Morgan fingerprint density at radius 1 is 1.37 bits per heavy atom. The molecule has 19 heavy (non-hydrogen) atoms. The Labute approximate surface area is 112 Å². The van der Waals surface area contributed by atoms with E-state index in [2.05, 4.69) is 20.4 Å². The standard InChI is InChI=1S/C12H21N5O2/c1-9(12(18)19)10(2)17-11(13-14-15-17)5-8-16-6-3-4-7-16/h9-10H,3-8H2,1-2H3,(H,18,19). The third-order valence-corrected chi connectivity index (χ3v) is 3.91. The Kier molecular flexibility index (Phi) is 4.47. The summed E-state index contributed by atoms with van der Waals surface area (Å²) in [6.07, 6.45) is 3.29. The zero-order valence-corrected chi connectivity index (χ0v) is 11.5. The Morgan fingerprint density at radius 2 is 2.05 bits per heavy atom. The van der Waals surface area contributed by atoms with Crippen LogP contribution in [0.2, 0.25) is 0 Å². The van der Waals surface area contributed by atoms with E-state index in [0.717, 1.165) is 31.9 Å². The minimum atomic E-state index is -0.825. The molecule has 0 radical (unpaired) electrons. The lowest BCUT2D eigenvalue weighted by atomic mass is 10.0. The van der Waals surface area contributed by atoms with Gasteiger partial charge in [-0.05, 0) is 50.2 Å². The Morgan fingerprint density at radius 3 is 2.68 bits per heavy atom. The van der Waals surface area contributed by atoms with E-state index in [9.17, 15) is 4.79 Å². The largest absolute Gasteiger partial charge is 0.481 e. The van der Waals surface area contributed by atoms with Crippen LogP contribution in [0.15, 0.2) is 0 Å². The molecule has 0 spiro atoms. The first kappa shape index (κ1) is 13.9. The summed E-state index contributed by atoms with van der Waals surface area (Å²) in [5.74, 6) is -0.560. The Hall–Kier alpha value is -1.50. The van der Waals surface area contributed by atoms with E-state index in [4.69, 9.17) is 5.11 Å². The van der Waals surface area contributed by atoms with Gasteiger partial charge in [0.1, 0.15) is 0 Å². The number of tetrazole rings is 1. The van der Waals surface area contributed by atoms with Crippen LogP contribution in [0.25, 0.3) is 0 Å². The van der Waals surface area contributed by atoms with Gasteiger partial charge in [0.25, 0.3) is 0 Å². The molecule has 1 aliphatic rings. The number of hydrogen-bond acceptors (Lipinski definition) is 5. The molecule has 2 rings (SSSR count). The second-order valence-corrected chi connectivity index (χ2v) is 5.21. The van der Waals surface area contributed by atoms with Crippen LogP contribution in [0, 0.1) is 5.92 Å². The van der Waals surface area contributed by atoms with E-state index in [0.29, 0.717) is 0 Å². The highest BCUT2D eigenvalue weighted by atomic mass is 16.4. The lowest BCUT2D eigenvalue weighted by Gasteiger charge is -2.18. The number of aliphatic carboxylic acids is 1. The maximum absolute atomic E-state index is 11.0. The molecule has 0 bridgehead atoms. The van der Waals surface area contributed by atoms with E-state index >= 15 is 0 Å². The molecule has 2 unspecified atom stereocenters. The van der Waals surface area contributed by atoms with Crippen LogP contribution < -0.4 is 0 Å². The molecule has 0 amide bonds. The third kappa shape index (κ3) is 3.28. The van der Waals surface area contributed by atoms with Gasteiger partial charge in [0.2, 0.25) is 0 Å². The van der Waals surface area contributed by atoms with Crippen LogP contribution in [0.5, 0.6) is 0 Å². The van der Waals surface area contributed by atoms with E-state index < -0.39 is 11.9 Å². The molecule has 2 atom stereocenters. The van der Waals surface area contributed by atoms with Crippen LogP contribution in [0.3, 0.4) is 0 Å². The highest BCUT2D eigenvalue weighted by Crippen LogP contribution is 2.18. The van der Waals surface area contributed by atoms with Crippen LogP contribution in [0.1, 0.15) is 38.6 Å². The van der Waals surface area contributed by atoms with Crippen LogP contribution >= 0.6 is 0 Å². The van der Waals surface area contributed by atoms with Gasteiger partial charge in [0.05, 0.1) is 12.0 Å². The minimum absolute atomic E-state index is 0.235. The molecule has 1 aromatic heterocycles. The first-order chi connectivity index (χ1) is 9.09. The zero-order valence-electron chi connectivity index (χ0n) is 11.5. The minimum Gasteiger partial charge on any atom is -0.481 e. The topological polar surface area (TPSA) is 84.1 Å². The van der Waals surface area contributed by atoms with Gasteiger partial charge in [-0.25, -0.2) is 4.68 Å². The van der Waals surface area contributed by atoms with E-state index in [-0.39, 0.29) is 6.04 Å². The van der Waals surface area contributed by atoms with Crippen molar-refractivity contribution in [3.8, 4) is 0 Å². The number of carbonyl (C=O) groups is 1. The average molecular weight is 267 g/mol. The lowest BCUT2D eigenvalue weighted by Crippen LogP contribution is -2.27. The second kappa shape index (κ2) is 6.10. The summed E-state index contributed by atoms with van der Waals surface area (Å²) in [6, 6.07) is -0.235. The molecule has 1 fully saturated rings. The summed E-state index contributed by atoms with van der Waals surface area (Å²) in [7, 11) is 0.